The van der Waals surface area contributed by atoms with Crippen molar-refractivity contribution in [2.24, 2.45) is 0 Å². The number of aliphatic hydroxyl groups is 1. The molecule has 1 N–H and O–H groups in total. The van der Waals surface area contributed by atoms with E-state index < -0.39 is 0 Å². The number of pyridine rings is 1. The van der Waals surface area contributed by atoms with E-state index in [-0.39, 0.29) is 0 Å². The van der Waals surface area contributed by atoms with Crippen LogP contribution < -0.4 is 0 Å². The van der Waals surface area contributed by atoms with Crippen molar-refractivity contribution in [3.63, 3.8) is 0 Å². The number of hydrogen-bond acceptors (Lipinski definition) is 3. The standard InChI is InChI=1S/C8H11NS.CH4O/c1-2-7-10-8-5-3-4-6-9-8;1-2/h3-6H,2,7H2,1H3;2H,1H3. The maximum Gasteiger partial charge on any atom is 0.0959 e. The van der Waals surface area contributed by atoms with Crippen LogP contribution in [0.25, 0.3) is 0 Å². The monoisotopic (exact) mass is 185 g/mol. The molecule has 2 nitrogen and oxygen atoms in total. The first-order valence-corrected chi connectivity index (χ1v) is 4.90. The van der Waals surface area contributed by atoms with Gasteiger partial charge in [0.25, 0.3) is 0 Å². The SMILES string of the molecule is CCCSc1ccccn1.CO. The Morgan fingerprint density at radius 2 is 2.17 bits per heavy atom. The minimum absolute atomic E-state index is 1.00. The van der Waals surface area contributed by atoms with Crippen molar-refractivity contribution in [2.75, 3.05) is 12.9 Å². The van der Waals surface area contributed by atoms with E-state index in [2.05, 4.69) is 11.9 Å². The van der Waals surface area contributed by atoms with Gasteiger partial charge in [0.2, 0.25) is 0 Å². The predicted molar refractivity (Wildman–Crippen MR) is 53.4 cm³/mol. The molecule has 0 saturated carbocycles. The van der Waals surface area contributed by atoms with Gasteiger partial charge in [0.15, 0.2) is 0 Å². The van der Waals surface area contributed by atoms with Gasteiger partial charge in [0, 0.05) is 13.3 Å². The van der Waals surface area contributed by atoms with E-state index in [1.807, 2.05) is 36.2 Å². The molecule has 12 heavy (non-hydrogen) atoms. The molecule has 0 amide bonds. The summed E-state index contributed by atoms with van der Waals surface area (Å²) in [6.45, 7) is 2.18. The molecule has 0 fully saturated rings. The highest BCUT2D eigenvalue weighted by Gasteiger charge is 1.89. The summed E-state index contributed by atoms with van der Waals surface area (Å²) >= 11 is 1.81. The minimum Gasteiger partial charge on any atom is -0.400 e. The van der Waals surface area contributed by atoms with Crippen LogP contribution in [0.15, 0.2) is 29.4 Å². The van der Waals surface area contributed by atoms with Crippen molar-refractivity contribution in [3.8, 4) is 0 Å². The summed E-state index contributed by atoms with van der Waals surface area (Å²) < 4.78 is 0. The molecule has 0 radical (unpaired) electrons. The normalized spacial score (nSPS) is 8.58. The molecule has 0 atom stereocenters. The summed E-state index contributed by atoms with van der Waals surface area (Å²) in [6.07, 6.45) is 3.04. The van der Waals surface area contributed by atoms with Gasteiger partial charge >= 0.3 is 0 Å². The average molecular weight is 185 g/mol. The van der Waals surface area contributed by atoms with Gasteiger partial charge in [-0.15, -0.1) is 11.8 Å². The maximum atomic E-state index is 7.00. The lowest BCUT2D eigenvalue weighted by atomic mass is 10.5. The minimum atomic E-state index is 1.00. The zero-order chi connectivity index (χ0) is 9.23. The summed E-state index contributed by atoms with van der Waals surface area (Å²) in [5.74, 6) is 1.16. The van der Waals surface area contributed by atoms with E-state index in [0.717, 1.165) is 17.9 Å². The third kappa shape index (κ3) is 5.16. The van der Waals surface area contributed by atoms with Gasteiger partial charge in [-0.05, 0) is 24.3 Å². The second kappa shape index (κ2) is 8.56. The number of thioether (sulfide) groups is 1. The summed E-state index contributed by atoms with van der Waals surface area (Å²) in [6, 6.07) is 6.00. The molecule has 0 aliphatic carbocycles. The van der Waals surface area contributed by atoms with Crippen LogP contribution >= 0.6 is 11.8 Å². The van der Waals surface area contributed by atoms with E-state index >= 15 is 0 Å². The number of nitrogens with zero attached hydrogens (tertiary/aromatic N) is 1. The Morgan fingerprint density at radius 3 is 2.67 bits per heavy atom. The summed E-state index contributed by atoms with van der Waals surface area (Å²) in [5.41, 5.74) is 0. The maximum absolute atomic E-state index is 7.00. The zero-order valence-electron chi connectivity index (χ0n) is 7.53. The molecule has 0 spiro atoms. The molecule has 0 aromatic carbocycles. The lowest BCUT2D eigenvalue weighted by Crippen LogP contribution is -1.78. The van der Waals surface area contributed by atoms with Gasteiger partial charge in [0.1, 0.15) is 0 Å². The predicted octanol–water partition coefficient (Wildman–Crippen LogP) is 2.19. The van der Waals surface area contributed by atoms with E-state index in [1.54, 1.807) is 0 Å². The molecule has 0 bridgehead atoms. The lowest BCUT2D eigenvalue weighted by Gasteiger charge is -1.95. The van der Waals surface area contributed by atoms with Crippen LogP contribution in [0.1, 0.15) is 13.3 Å². The summed E-state index contributed by atoms with van der Waals surface area (Å²) in [7, 11) is 1.00. The Labute approximate surface area is 78.0 Å². The quantitative estimate of drug-likeness (QED) is 0.733. The third-order valence-electron chi connectivity index (χ3n) is 1.09. The second-order valence-electron chi connectivity index (χ2n) is 2.02. The fourth-order valence-corrected chi connectivity index (χ4v) is 1.36. The van der Waals surface area contributed by atoms with Crippen LogP contribution in [-0.2, 0) is 0 Å². The molecule has 0 aliphatic heterocycles. The summed E-state index contributed by atoms with van der Waals surface area (Å²) in [5, 5.41) is 8.13. The second-order valence-corrected chi connectivity index (χ2v) is 3.13. The van der Waals surface area contributed by atoms with Gasteiger partial charge in [-0.2, -0.15) is 0 Å². The van der Waals surface area contributed by atoms with Crippen LogP contribution in [0.5, 0.6) is 0 Å². The molecule has 1 heterocycles. The van der Waals surface area contributed by atoms with Crippen LogP contribution in [0.2, 0.25) is 0 Å². The van der Waals surface area contributed by atoms with E-state index in [0.29, 0.717) is 0 Å². The first kappa shape index (κ1) is 11.5. The van der Waals surface area contributed by atoms with E-state index in [9.17, 15) is 0 Å². The Kier molecular flexibility index (Phi) is 8.17. The van der Waals surface area contributed by atoms with Gasteiger partial charge < -0.3 is 5.11 Å². The topological polar surface area (TPSA) is 33.1 Å². The molecule has 0 aliphatic rings. The molecule has 1 rings (SSSR count). The zero-order valence-corrected chi connectivity index (χ0v) is 8.34. The smallest absolute Gasteiger partial charge is 0.0959 e. The van der Waals surface area contributed by atoms with Crippen LogP contribution in [0.4, 0.5) is 0 Å². The number of aromatic nitrogens is 1. The highest BCUT2D eigenvalue weighted by atomic mass is 32.2. The molecular weight excluding hydrogens is 170 g/mol. The molecule has 0 saturated heterocycles. The van der Waals surface area contributed by atoms with Crippen molar-refractivity contribution in [3.05, 3.63) is 24.4 Å². The fourth-order valence-electron chi connectivity index (χ4n) is 0.639. The Bertz CT molecular complexity index is 179. The molecule has 1 aromatic rings. The highest BCUT2D eigenvalue weighted by Crippen LogP contribution is 2.13. The Morgan fingerprint density at radius 1 is 1.42 bits per heavy atom. The molecule has 1 aromatic heterocycles. The van der Waals surface area contributed by atoms with Crippen molar-refractivity contribution in [1.29, 1.82) is 0 Å². The fraction of sp³-hybridized carbons (Fsp3) is 0.444. The summed E-state index contributed by atoms with van der Waals surface area (Å²) in [4.78, 5) is 4.18. The van der Waals surface area contributed by atoms with Gasteiger partial charge in [-0.1, -0.05) is 13.0 Å². The van der Waals surface area contributed by atoms with Gasteiger partial charge in [-0.3, -0.25) is 0 Å². The largest absolute Gasteiger partial charge is 0.400 e. The van der Waals surface area contributed by atoms with Crippen LogP contribution in [0.3, 0.4) is 0 Å². The number of rotatable bonds is 3. The lowest BCUT2D eigenvalue weighted by molar-refractivity contribution is 0.399. The van der Waals surface area contributed by atoms with E-state index in [4.69, 9.17) is 5.11 Å². The molecule has 3 heteroatoms. The number of aliphatic hydroxyl groups excluding tert-OH is 1. The highest BCUT2D eigenvalue weighted by molar-refractivity contribution is 7.99. The van der Waals surface area contributed by atoms with Crippen molar-refractivity contribution < 1.29 is 5.11 Å². The molecule has 0 unspecified atom stereocenters. The molecular formula is C9H15NOS. The van der Waals surface area contributed by atoms with Gasteiger partial charge in [-0.25, -0.2) is 4.98 Å². The number of hydrogen-bond donors (Lipinski definition) is 1. The van der Waals surface area contributed by atoms with Crippen molar-refractivity contribution in [2.45, 2.75) is 18.4 Å². The van der Waals surface area contributed by atoms with Crippen molar-refractivity contribution >= 4 is 11.8 Å². The van der Waals surface area contributed by atoms with Gasteiger partial charge in [0.05, 0.1) is 5.03 Å². The third-order valence-corrected chi connectivity index (χ3v) is 2.24. The Balaban J connectivity index is 0.000000561. The average Bonchev–Trinajstić information content (AvgIpc) is 2.19. The first-order valence-electron chi connectivity index (χ1n) is 3.92. The van der Waals surface area contributed by atoms with Crippen LogP contribution in [-0.4, -0.2) is 23.0 Å². The van der Waals surface area contributed by atoms with Crippen molar-refractivity contribution in [1.82, 2.24) is 4.98 Å². The molecule has 68 valence electrons. The van der Waals surface area contributed by atoms with Crippen LogP contribution in [0, 0.1) is 0 Å². The Hall–Kier alpha value is -0.540. The first-order chi connectivity index (χ1) is 5.93. The van der Waals surface area contributed by atoms with E-state index in [1.165, 1.54) is 6.42 Å².